The molecule has 112 valence electrons. The fourth-order valence-electron chi connectivity index (χ4n) is 2.08. The lowest BCUT2D eigenvalue weighted by Gasteiger charge is -2.16. The third-order valence-electron chi connectivity index (χ3n) is 3.00. The van der Waals surface area contributed by atoms with Crippen LogP contribution in [0.5, 0.6) is 0 Å². The van der Waals surface area contributed by atoms with Gasteiger partial charge in [-0.25, -0.2) is 14.8 Å². The molecule has 2 aromatic heterocycles. The van der Waals surface area contributed by atoms with Gasteiger partial charge >= 0.3 is 5.97 Å². The number of methoxy groups -OCH3 is 1. The van der Waals surface area contributed by atoms with Gasteiger partial charge in [0.15, 0.2) is 0 Å². The largest absolute Gasteiger partial charge is 0.465 e. The zero-order valence-corrected chi connectivity index (χ0v) is 13.2. The van der Waals surface area contributed by atoms with Gasteiger partial charge in [0.2, 0.25) is 0 Å². The minimum atomic E-state index is -0.471. The van der Waals surface area contributed by atoms with Crippen LogP contribution in [0.4, 0.5) is 11.5 Å². The summed E-state index contributed by atoms with van der Waals surface area (Å²) in [6, 6.07) is 1.54. The summed E-state index contributed by atoms with van der Waals surface area (Å²) < 4.78 is 4.76. The third-order valence-corrected chi connectivity index (χ3v) is 4.26. The number of thiazole rings is 1. The van der Waals surface area contributed by atoms with E-state index in [0.717, 1.165) is 15.6 Å². The second-order valence-electron chi connectivity index (χ2n) is 4.70. The van der Waals surface area contributed by atoms with Gasteiger partial charge in [0.05, 0.1) is 35.7 Å². The number of hydrogen-bond donors (Lipinski definition) is 2. The Hall–Kier alpha value is -2.15. The number of hydrogen-bond acceptors (Lipinski definition) is 7. The molecular formula is C14H18N4O2S. The van der Waals surface area contributed by atoms with Crippen molar-refractivity contribution >= 4 is 28.8 Å². The fraction of sp³-hybridized carbons (Fsp3) is 0.357. The number of nitrogens with zero attached hydrogens (tertiary/aromatic N) is 2. The first-order valence-corrected chi connectivity index (χ1v) is 7.28. The number of esters is 1. The predicted molar refractivity (Wildman–Crippen MR) is 83.6 cm³/mol. The number of aryl methyl sites for hydroxylation is 2. The number of carbonyl (C=O) groups excluding carboxylic acids is 1. The van der Waals surface area contributed by atoms with Crippen LogP contribution >= 0.6 is 11.3 Å². The van der Waals surface area contributed by atoms with Crippen molar-refractivity contribution < 1.29 is 9.53 Å². The minimum Gasteiger partial charge on any atom is -0.465 e. The maximum absolute atomic E-state index is 11.8. The molecule has 0 radical (unpaired) electrons. The first-order chi connectivity index (χ1) is 9.92. The van der Waals surface area contributed by atoms with E-state index in [4.69, 9.17) is 10.5 Å². The summed E-state index contributed by atoms with van der Waals surface area (Å²) in [5, 5.41) is 4.24. The first-order valence-electron chi connectivity index (χ1n) is 6.46. The standard InChI is InChI=1S/C14H18N4O2S/c1-7-12(21-9(3)17-7)8(2)18-13-11(14(19)20-4)5-10(15)6-16-13/h5-6,8H,15H2,1-4H3,(H,16,18). The number of rotatable bonds is 4. The number of nitrogen functional groups attached to an aromatic ring is 1. The molecule has 0 bridgehead atoms. The number of nitrogens with one attached hydrogen (secondary N) is 1. The Labute approximate surface area is 127 Å². The molecule has 2 heterocycles. The average molecular weight is 306 g/mol. The van der Waals surface area contributed by atoms with E-state index in [2.05, 4.69) is 15.3 Å². The molecule has 0 amide bonds. The van der Waals surface area contributed by atoms with Crippen molar-refractivity contribution in [2.75, 3.05) is 18.2 Å². The average Bonchev–Trinajstić information content (AvgIpc) is 2.78. The Kier molecular flexibility index (Phi) is 4.42. The third kappa shape index (κ3) is 3.30. The molecule has 0 aromatic carbocycles. The lowest BCUT2D eigenvalue weighted by Crippen LogP contribution is -2.13. The fourth-order valence-corrected chi connectivity index (χ4v) is 3.01. The number of aromatic nitrogens is 2. The molecule has 0 aliphatic heterocycles. The zero-order valence-electron chi connectivity index (χ0n) is 12.4. The van der Waals surface area contributed by atoms with Crippen LogP contribution in [0.1, 0.15) is 38.9 Å². The highest BCUT2D eigenvalue weighted by Gasteiger charge is 2.18. The van der Waals surface area contributed by atoms with E-state index >= 15 is 0 Å². The van der Waals surface area contributed by atoms with Crippen molar-refractivity contribution in [3.05, 3.63) is 33.4 Å². The predicted octanol–water partition coefficient (Wildman–Crippen LogP) is 2.70. The van der Waals surface area contributed by atoms with Gasteiger partial charge in [-0.2, -0.15) is 0 Å². The van der Waals surface area contributed by atoms with Gasteiger partial charge in [-0.15, -0.1) is 11.3 Å². The minimum absolute atomic E-state index is 0.0178. The van der Waals surface area contributed by atoms with Crippen molar-refractivity contribution in [1.29, 1.82) is 0 Å². The van der Waals surface area contributed by atoms with Crippen molar-refractivity contribution in [2.24, 2.45) is 0 Å². The Morgan fingerprint density at radius 1 is 1.48 bits per heavy atom. The van der Waals surface area contributed by atoms with Gasteiger partial charge in [0.1, 0.15) is 11.4 Å². The molecule has 3 N–H and O–H groups in total. The second-order valence-corrected chi connectivity index (χ2v) is 5.94. The molecule has 0 aliphatic rings. The summed E-state index contributed by atoms with van der Waals surface area (Å²) >= 11 is 1.62. The SMILES string of the molecule is COC(=O)c1cc(N)cnc1NC(C)c1sc(C)nc1C. The van der Waals surface area contributed by atoms with E-state index in [1.165, 1.54) is 13.3 Å². The van der Waals surface area contributed by atoms with Gasteiger partial charge in [0.25, 0.3) is 0 Å². The summed E-state index contributed by atoms with van der Waals surface area (Å²) in [6.45, 7) is 5.93. The summed E-state index contributed by atoms with van der Waals surface area (Å²) in [7, 11) is 1.33. The first kappa shape index (κ1) is 15.2. The highest BCUT2D eigenvalue weighted by molar-refractivity contribution is 7.11. The van der Waals surface area contributed by atoms with Crippen LogP contribution in [0.25, 0.3) is 0 Å². The number of carbonyl (C=O) groups is 1. The number of nitrogens with two attached hydrogens (primary N) is 1. The lowest BCUT2D eigenvalue weighted by atomic mass is 10.2. The zero-order chi connectivity index (χ0) is 15.6. The van der Waals surface area contributed by atoms with Crippen LogP contribution in [-0.2, 0) is 4.74 Å². The lowest BCUT2D eigenvalue weighted by molar-refractivity contribution is 0.0601. The van der Waals surface area contributed by atoms with E-state index in [-0.39, 0.29) is 6.04 Å². The van der Waals surface area contributed by atoms with Gasteiger partial charge in [-0.05, 0) is 26.8 Å². The highest BCUT2D eigenvalue weighted by atomic mass is 32.1. The van der Waals surface area contributed by atoms with Crippen molar-refractivity contribution in [3.8, 4) is 0 Å². The van der Waals surface area contributed by atoms with E-state index in [0.29, 0.717) is 17.1 Å². The summed E-state index contributed by atoms with van der Waals surface area (Å²) in [4.78, 5) is 21.5. The Morgan fingerprint density at radius 2 is 2.19 bits per heavy atom. The normalized spacial score (nSPS) is 12.0. The molecule has 0 saturated heterocycles. The molecule has 1 unspecified atom stereocenters. The van der Waals surface area contributed by atoms with Gasteiger partial charge < -0.3 is 15.8 Å². The van der Waals surface area contributed by atoms with Crippen molar-refractivity contribution in [3.63, 3.8) is 0 Å². The van der Waals surface area contributed by atoms with Crippen LogP contribution in [0.2, 0.25) is 0 Å². The van der Waals surface area contributed by atoms with Gasteiger partial charge in [0, 0.05) is 4.88 Å². The molecule has 2 aromatic rings. The summed E-state index contributed by atoms with van der Waals surface area (Å²) in [5.41, 5.74) is 7.40. The van der Waals surface area contributed by atoms with Crippen LogP contribution in [0, 0.1) is 13.8 Å². The smallest absolute Gasteiger partial charge is 0.341 e. The van der Waals surface area contributed by atoms with Crippen molar-refractivity contribution in [2.45, 2.75) is 26.8 Å². The topological polar surface area (TPSA) is 90.1 Å². The van der Waals surface area contributed by atoms with E-state index < -0.39 is 5.97 Å². The van der Waals surface area contributed by atoms with E-state index in [1.807, 2.05) is 20.8 Å². The van der Waals surface area contributed by atoms with Gasteiger partial charge in [-0.1, -0.05) is 0 Å². The molecule has 0 spiro atoms. The number of anilines is 2. The number of pyridine rings is 1. The Morgan fingerprint density at radius 3 is 2.76 bits per heavy atom. The molecule has 2 rings (SSSR count). The molecule has 7 heteroatoms. The molecule has 1 atom stereocenters. The molecular weight excluding hydrogens is 288 g/mol. The van der Waals surface area contributed by atoms with Crippen LogP contribution < -0.4 is 11.1 Å². The molecule has 0 fully saturated rings. The quantitative estimate of drug-likeness (QED) is 0.844. The van der Waals surface area contributed by atoms with E-state index in [9.17, 15) is 4.79 Å². The Bertz CT molecular complexity index is 669. The van der Waals surface area contributed by atoms with E-state index in [1.54, 1.807) is 17.4 Å². The molecule has 6 nitrogen and oxygen atoms in total. The molecule has 0 saturated carbocycles. The monoisotopic (exact) mass is 306 g/mol. The number of ether oxygens (including phenoxy) is 1. The van der Waals surface area contributed by atoms with Crippen LogP contribution in [0.3, 0.4) is 0 Å². The Balaban J connectivity index is 2.31. The molecule has 0 aliphatic carbocycles. The summed E-state index contributed by atoms with van der Waals surface area (Å²) in [6.07, 6.45) is 1.51. The maximum Gasteiger partial charge on any atom is 0.341 e. The summed E-state index contributed by atoms with van der Waals surface area (Å²) in [5.74, 6) is -0.0179. The maximum atomic E-state index is 11.8. The van der Waals surface area contributed by atoms with Gasteiger partial charge in [-0.3, -0.25) is 0 Å². The van der Waals surface area contributed by atoms with Crippen LogP contribution in [0.15, 0.2) is 12.3 Å². The molecule has 21 heavy (non-hydrogen) atoms. The second kappa shape index (κ2) is 6.09. The van der Waals surface area contributed by atoms with Crippen LogP contribution in [-0.4, -0.2) is 23.0 Å². The highest BCUT2D eigenvalue weighted by Crippen LogP contribution is 2.28. The van der Waals surface area contributed by atoms with Crippen molar-refractivity contribution in [1.82, 2.24) is 9.97 Å².